The number of hydrogen-bond donors (Lipinski definition) is 2. The molecule has 10 nitrogen and oxygen atoms in total. The standard InChI is InChI=1S/C42H69NO9/c1-12-49-33(38(8,9)47)26-21-24(2)30-31(50-26)32(44)40(11)28-14-13-27-37(6,7)29(15-16-41(27)23-42(28,41)18-17-39(30,40)10)51-34(45)25-22-48-20-19-43(25)35(46)52-36(3,4)5/h24-33,44,47H,12-23H2,1-11H3/t24-,25+,26-,27+,28+,29+,30+,31+,32+,33+,39-,40-,41?,42+/m1/s1. The van der Waals surface area contributed by atoms with E-state index in [4.69, 9.17) is 23.7 Å². The minimum Gasteiger partial charge on any atom is -0.460 e. The summed E-state index contributed by atoms with van der Waals surface area (Å²) in [4.78, 5) is 28.4. The van der Waals surface area contributed by atoms with Gasteiger partial charge in [-0.3, -0.25) is 4.90 Å². The first-order valence-electron chi connectivity index (χ1n) is 20.5. The molecule has 5 saturated carbocycles. The predicted octanol–water partition coefficient (Wildman–Crippen LogP) is 6.52. The summed E-state index contributed by atoms with van der Waals surface area (Å²) in [5, 5.41) is 23.7. The number of carbonyl (C=O) groups excluding carboxylic acids is 2. The lowest BCUT2D eigenvalue weighted by molar-refractivity contribution is -0.215. The van der Waals surface area contributed by atoms with Gasteiger partial charge in [0.15, 0.2) is 6.04 Å². The highest BCUT2D eigenvalue weighted by Gasteiger charge is 2.85. The molecule has 14 atom stereocenters. The van der Waals surface area contributed by atoms with E-state index in [-0.39, 0.29) is 57.9 Å². The fourth-order valence-corrected chi connectivity index (χ4v) is 14.2. The summed E-state index contributed by atoms with van der Waals surface area (Å²) in [6, 6.07) is -0.821. The van der Waals surface area contributed by atoms with Crippen LogP contribution in [0, 0.1) is 50.7 Å². The first-order valence-corrected chi connectivity index (χ1v) is 20.5. The minimum atomic E-state index is -1.05. The zero-order valence-electron chi connectivity index (χ0n) is 34.0. The molecule has 2 spiro atoms. The maximum Gasteiger partial charge on any atom is 0.411 e. The van der Waals surface area contributed by atoms with Crippen LogP contribution in [0.15, 0.2) is 0 Å². The van der Waals surface area contributed by atoms with Crippen molar-refractivity contribution in [1.82, 2.24) is 4.90 Å². The van der Waals surface area contributed by atoms with E-state index in [2.05, 4.69) is 34.6 Å². The van der Waals surface area contributed by atoms with E-state index in [1.54, 1.807) is 13.8 Å². The molecule has 296 valence electrons. The van der Waals surface area contributed by atoms with Gasteiger partial charge >= 0.3 is 12.1 Å². The van der Waals surface area contributed by atoms with Gasteiger partial charge in [0.1, 0.15) is 17.8 Å². The Bertz CT molecular complexity index is 1400. The Morgan fingerprint density at radius 3 is 2.31 bits per heavy atom. The van der Waals surface area contributed by atoms with Crippen LogP contribution in [-0.2, 0) is 28.5 Å². The van der Waals surface area contributed by atoms with Gasteiger partial charge in [0.05, 0.1) is 37.1 Å². The molecule has 7 fully saturated rings. The number of esters is 1. The lowest BCUT2D eigenvalue weighted by Gasteiger charge is -2.63. The monoisotopic (exact) mass is 731 g/mol. The number of carbonyl (C=O) groups is 2. The topological polar surface area (TPSA) is 124 Å². The van der Waals surface area contributed by atoms with Crippen molar-refractivity contribution in [3.63, 3.8) is 0 Å². The molecule has 2 aliphatic heterocycles. The highest BCUT2D eigenvalue weighted by molar-refractivity contribution is 5.82. The fourth-order valence-electron chi connectivity index (χ4n) is 14.2. The summed E-state index contributed by atoms with van der Waals surface area (Å²) >= 11 is 0. The maximum absolute atomic E-state index is 13.8. The lowest BCUT2D eigenvalue weighted by atomic mass is 9.41. The summed E-state index contributed by atoms with van der Waals surface area (Å²) in [5.41, 5.74) is -1.98. The van der Waals surface area contributed by atoms with Gasteiger partial charge in [-0.2, -0.15) is 0 Å². The predicted molar refractivity (Wildman–Crippen MR) is 195 cm³/mol. The Kier molecular flexibility index (Phi) is 9.34. The van der Waals surface area contributed by atoms with Crippen molar-refractivity contribution < 1.29 is 43.5 Å². The third-order valence-corrected chi connectivity index (χ3v) is 16.4. The Morgan fingerprint density at radius 2 is 1.65 bits per heavy atom. The maximum atomic E-state index is 13.8. The zero-order chi connectivity index (χ0) is 38.0. The normalized spacial score (nSPS) is 47.2. The van der Waals surface area contributed by atoms with Crippen LogP contribution in [-0.4, -0.2) is 101 Å². The van der Waals surface area contributed by atoms with Crippen LogP contribution in [0.25, 0.3) is 0 Å². The van der Waals surface area contributed by atoms with Crippen molar-refractivity contribution in [2.75, 3.05) is 26.4 Å². The molecule has 0 radical (unpaired) electrons. The van der Waals surface area contributed by atoms with Gasteiger partial charge in [-0.05, 0) is 133 Å². The van der Waals surface area contributed by atoms with Crippen LogP contribution >= 0.6 is 0 Å². The van der Waals surface area contributed by atoms with E-state index < -0.39 is 41.5 Å². The third kappa shape index (κ3) is 5.48. The number of hydrogen-bond acceptors (Lipinski definition) is 9. The summed E-state index contributed by atoms with van der Waals surface area (Å²) in [5.74, 6) is 0.963. The summed E-state index contributed by atoms with van der Waals surface area (Å²) in [6.45, 7) is 24.1. The van der Waals surface area contributed by atoms with Crippen molar-refractivity contribution in [3.05, 3.63) is 0 Å². The molecular weight excluding hydrogens is 662 g/mol. The second-order valence-electron chi connectivity index (χ2n) is 20.8. The molecule has 2 heterocycles. The van der Waals surface area contributed by atoms with E-state index in [1.165, 1.54) is 17.7 Å². The van der Waals surface area contributed by atoms with E-state index in [9.17, 15) is 19.8 Å². The number of nitrogens with zero attached hydrogens (tertiary/aromatic N) is 1. The average Bonchev–Trinajstić information content (AvgIpc) is 3.68. The van der Waals surface area contributed by atoms with E-state index in [0.717, 1.165) is 38.5 Å². The molecule has 0 aromatic rings. The van der Waals surface area contributed by atoms with Gasteiger partial charge in [-0.25, -0.2) is 9.59 Å². The number of ether oxygens (including phenoxy) is 5. The van der Waals surface area contributed by atoms with E-state index >= 15 is 0 Å². The summed E-state index contributed by atoms with van der Waals surface area (Å²) in [6.07, 6.45) is 5.77. The number of morpholine rings is 1. The summed E-state index contributed by atoms with van der Waals surface area (Å²) in [7, 11) is 0. The average molecular weight is 732 g/mol. The number of rotatable bonds is 6. The van der Waals surface area contributed by atoms with Crippen molar-refractivity contribution >= 4 is 12.1 Å². The molecule has 10 heteroatoms. The smallest absolute Gasteiger partial charge is 0.411 e. The lowest BCUT2D eigenvalue weighted by Crippen LogP contribution is -2.60. The van der Waals surface area contributed by atoms with Crippen LogP contribution in [0.4, 0.5) is 4.79 Å². The molecule has 1 amide bonds. The highest BCUT2D eigenvalue weighted by atomic mass is 16.6. The quantitative estimate of drug-likeness (QED) is 0.294. The molecule has 2 N–H and O–H groups in total. The number of fused-ring (bicyclic) bond motifs is 4. The van der Waals surface area contributed by atoms with Gasteiger partial charge in [0.2, 0.25) is 0 Å². The Morgan fingerprint density at radius 1 is 0.981 bits per heavy atom. The Labute approximate surface area is 312 Å². The number of amides is 1. The molecule has 52 heavy (non-hydrogen) atoms. The van der Waals surface area contributed by atoms with Gasteiger partial charge < -0.3 is 33.9 Å². The van der Waals surface area contributed by atoms with Crippen molar-refractivity contribution in [1.29, 1.82) is 0 Å². The van der Waals surface area contributed by atoms with Crippen LogP contribution in [0.1, 0.15) is 128 Å². The van der Waals surface area contributed by atoms with E-state index in [0.29, 0.717) is 37.5 Å². The molecule has 0 bridgehead atoms. The van der Waals surface area contributed by atoms with Crippen LogP contribution in [0.5, 0.6) is 0 Å². The molecule has 7 rings (SSSR count). The van der Waals surface area contributed by atoms with Crippen molar-refractivity contribution in [3.8, 4) is 0 Å². The van der Waals surface area contributed by atoms with Crippen molar-refractivity contribution in [2.24, 2.45) is 50.7 Å². The minimum absolute atomic E-state index is 0.0613. The fraction of sp³-hybridized carbons (Fsp3) is 0.952. The van der Waals surface area contributed by atoms with Crippen molar-refractivity contribution in [2.45, 2.75) is 175 Å². The molecule has 0 aromatic heterocycles. The summed E-state index contributed by atoms with van der Waals surface area (Å²) < 4.78 is 30.8. The first-order chi connectivity index (χ1) is 24.1. The van der Waals surface area contributed by atoms with Gasteiger partial charge in [0, 0.05) is 24.0 Å². The third-order valence-electron chi connectivity index (χ3n) is 16.4. The Balaban J connectivity index is 1.10. The van der Waals surface area contributed by atoms with Crippen LogP contribution in [0.2, 0.25) is 0 Å². The first kappa shape index (κ1) is 38.8. The molecule has 7 aliphatic rings. The number of aliphatic hydroxyl groups is 2. The van der Waals surface area contributed by atoms with Crippen LogP contribution < -0.4 is 0 Å². The molecule has 1 unspecified atom stereocenters. The molecule has 0 aromatic carbocycles. The van der Waals surface area contributed by atoms with Crippen LogP contribution in [0.3, 0.4) is 0 Å². The SMILES string of the molecule is CCO[C@@H]([C@H]1C[C@@H](C)[C@H]2[C@H](O1)[C@H](O)[C@@]1(C)[C@@H]3CC[C@H]4C(C)(C)[C@@H](OC(=O)[C@@H]5COCCN5C(=O)OC(C)(C)C)CCC45C[C@@]35CC[C@]21C)C(C)(C)O. The van der Waals surface area contributed by atoms with Gasteiger partial charge in [-0.1, -0.05) is 34.6 Å². The Hall–Kier alpha value is -1.46. The zero-order valence-corrected chi connectivity index (χ0v) is 34.0. The van der Waals surface area contributed by atoms with Gasteiger partial charge in [-0.15, -0.1) is 0 Å². The van der Waals surface area contributed by atoms with Gasteiger partial charge in [0.25, 0.3) is 0 Å². The van der Waals surface area contributed by atoms with E-state index in [1.807, 2.05) is 27.7 Å². The number of aliphatic hydroxyl groups excluding tert-OH is 1. The second kappa shape index (κ2) is 12.5. The molecule has 2 saturated heterocycles. The largest absolute Gasteiger partial charge is 0.460 e. The molecule has 5 aliphatic carbocycles. The highest BCUT2D eigenvalue weighted by Crippen LogP contribution is 2.89. The molecular formula is C42H69NO9. The second-order valence-corrected chi connectivity index (χ2v) is 20.8.